The number of amides is 2. The highest BCUT2D eigenvalue weighted by atomic mass is 32.2. The lowest BCUT2D eigenvalue weighted by Crippen LogP contribution is -2.36. The van der Waals surface area contributed by atoms with E-state index in [-0.39, 0.29) is 23.1 Å². The quantitative estimate of drug-likeness (QED) is 0.641. The van der Waals surface area contributed by atoms with Crippen LogP contribution in [0, 0.1) is 18.8 Å². The molecular weight excluding hydrogens is 436 g/mol. The molecule has 6 nitrogen and oxygen atoms in total. The summed E-state index contributed by atoms with van der Waals surface area (Å²) in [5.74, 6) is -1.48. The summed E-state index contributed by atoms with van der Waals surface area (Å²) in [5.41, 5.74) is 4.07. The van der Waals surface area contributed by atoms with Crippen molar-refractivity contribution in [1.29, 1.82) is 0 Å². The Balaban J connectivity index is 1.55. The lowest BCUT2D eigenvalue weighted by atomic mass is 9.77. The second kappa shape index (κ2) is 7.99. The summed E-state index contributed by atoms with van der Waals surface area (Å²) in [6.45, 7) is 4.20. The highest BCUT2D eigenvalue weighted by molar-refractivity contribution is 7.89. The highest BCUT2D eigenvalue weighted by Crippen LogP contribution is 2.46. The molecule has 33 heavy (non-hydrogen) atoms. The van der Waals surface area contributed by atoms with Gasteiger partial charge in [-0.2, -0.15) is 0 Å². The predicted molar refractivity (Wildman–Crippen MR) is 126 cm³/mol. The Bertz CT molecular complexity index is 1290. The summed E-state index contributed by atoms with van der Waals surface area (Å²) in [4.78, 5) is 28.2. The van der Waals surface area contributed by atoms with E-state index in [0.29, 0.717) is 30.8 Å². The van der Waals surface area contributed by atoms with Crippen molar-refractivity contribution in [1.82, 2.24) is 4.31 Å². The van der Waals surface area contributed by atoms with Crippen molar-refractivity contribution >= 4 is 27.5 Å². The van der Waals surface area contributed by atoms with E-state index in [9.17, 15) is 18.0 Å². The van der Waals surface area contributed by atoms with Gasteiger partial charge in [-0.1, -0.05) is 47.5 Å². The summed E-state index contributed by atoms with van der Waals surface area (Å²) < 4.78 is 28.8. The molecule has 170 valence electrons. The van der Waals surface area contributed by atoms with Crippen LogP contribution in [0.15, 0.2) is 82.4 Å². The molecule has 1 fully saturated rings. The number of imide groups is 1. The van der Waals surface area contributed by atoms with Gasteiger partial charge < -0.3 is 0 Å². The maximum Gasteiger partial charge on any atom is 0.264 e. The van der Waals surface area contributed by atoms with Crippen molar-refractivity contribution in [3.63, 3.8) is 0 Å². The van der Waals surface area contributed by atoms with Crippen LogP contribution in [0.5, 0.6) is 0 Å². The van der Waals surface area contributed by atoms with Crippen LogP contribution in [0.1, 0.15) is 31.7 Å². The fourth-order valence-corrected chi connectivity index (χ4v) is 6.70. The summed E-state index contributed by atoms with van der Waals surface area (Å²) in [7, 11) is -3.79. The van der Waals surface area contributed by atoms with Crippen LogP contribution < -0.4 is 4.90 Å². The van der Waals surface area contributed by atoms with Crippen molar-refractivity contribution < 1.29 is 18.0 Å². The van der Waals surface area contributed by atoms with Gasteiger partial charge in [0.05, 0.1) is 22.4 Å². The number of benzene rings is 2. The second-order valence-corrected chi connectivity index (χ2v) is 10.8. The number of para-hydroxylation sites is 1. The molecule has 2 aromatic carbocycles. The summed E-state index contributed by atoms with van der Waals surface area (Å²) in [5, 5.41) is 0. The molecule has 2 heterocycles. The van der Waals surface area contributed by atoms with Crippen molar-refractivity contribution in [2.75, 3.05) is 11.4 Å². The zero-order valence-corrected chi connectivity index (χ0v) is 19.5. The first-order chi connectivity index (χ1) is 15.8. The molecule has 2 amide bonds. The largest absolute Gasteiger partial charge is 0.274 e. The number of rotatable bonds is 3. The predicted octanol–water partition coefficient (Wildman–Crippen LogP) is 4.19. The van der Waals surface area contributed by atoms with E-state index in [0.717, 1.165) is 16.7 Å². The Morgan fingerprint density at radius 2 is 1.48 bits per heavy atom. The van der Waals surface area contributed by atoms with E-state index in [1.165, 1.54) is 9.21 Å². The van der Waals surface area contributed by atoms with Crippen LogP contribution in [0.2, 0.25) is 0 Å². The average molecular weight is 463 g/mol. The highest BCUT2D eigenvalue weighted by Gasteiger charge is 2.52. The third-order valence-electron chi connectivity index (χ3n) is 6.93. The fraction of sp³-hybridized carbons (Fsp3) is 0.308. The van der Waals surface area contributed by atoms with Crippen LogP contribution in [0.3, 0.4) is 0 Å². The standard InChI is InChI=1S/C26H26N2O4S/c1-17-10-12-20(13-11-17)33(31,32)27-14-6-7-18(2)21-15-22-23(16-24(21)27)26(30)28(25(22)29)19-8-4-3-5-9-19/h3-5,7-13,22-23H,6,14-16H2,1-2H3/t22-,23+/m0/s1. The van der Waals surface area contributed by atoms with Crippen molar-refractivity contribution in [2.24, 2.45) is 11.8 Å². The van der Waals surface area contributed by atoms with E-state index in [4.69, 9.17) is 0 Å². The van der Waals surface area contributed by atoms with Crippen LogP contribution >= 0.6 is 0 Å². The minimum absolute atomic E-state index is 0.201. The van der Waals surface area contributed by atoms with Gasteiger partial charge >= 0.3 is 0 Å². The molecule has 2 atom stereocenters. The van der Waals surface area contributed by atoms with Crippen LogP contribution in [0.25, 0.3) is 0 Å². The monoisotopic (exact) mass is 462 g/mol. The Labute approximate surface area is 194 Å². The Hall–Kier alpha value is -3.19. The number of fused-ring (bicyclic) bond motifs is 1. The summed E-state index contributed by atoms with van der Waals surface area (Å²) >= 11 is 0. The molecule has 1 aliphatic carbocycles. The molecule has 5 rings (SSSR count). The van der Waals surface area contributed by atoms with Gasteiger partial charge in [0.25, 0.3) is 10.0 Å². The number of nitrogens with zero attached hydrogens (tertiary/aromatic N) is 2. The molecule has 0 bridgehead atoms. The molecule has 0 radical (unpaired) electrons. The molecule has 2 aromatic rings. The number of carbonyl (C=O) groups is 2. The molecule has 7 heteroatoms. The average Bonchev–Trinajstić information content (AvgIpc) is 2.94. The second-order valence-electron chi connectivity index (χ2n) is 8.96. The third kappa shape index (κ3) is 3.51. The van der Waals surface area contributed by atoms with Gasteiger partial charge in [0.1, 0.15) is 0 Å². The normalized spacial score (nSPS) is 23.3. The SMILES string of the molecule is CC1=CCCN(S(=O)(=O)c2ccc(C)cc2)C2=C1C[C@@H]1C(=O)N(c3ccccc3)C(=O)[C@@H]1C2. The number of carbonyl (C=O) groups excluding carboxylic acids is 2. The van der Waals surface area contributed by atoms with Crippen molar-refractivity contribution in [2.45, 2.75) is 38.0 Å². The zero-order chi connectivity index (χ0) is 23.3. The van der Waals surface area contributed by atoms with Crippen LogP contribution in [-0.2, 0) is 19.6 Å². The molecule has 0 saturated carbocycles. The molecule has 0 spiro atoms. The number of hydrogen-bond donors (Lipinski definition) is 0. The van der Waals surface area contributed by atoms with Gasteiger partial charge in [-0.15, -0.1) is 0 Å². The van der Waals surface area contributed by atoms with Gasteiger partial charge in [0, 0.05) is 18.7 Å². The molecule has 0 N–H and O–H groups in total. The smallest absolute Gasteiger partial charge is 0.264 e. The Kier molecular flexibility index (Phi) is 5.24. The first-order valence-electron chi connectivity index (χ1n) is 11.2. The van der Waals surface area contributed by atoms with Gasteiger partial charge in [0.2, 0.25) is 11.8 Å². The number of sulfonamides is 1. The third-order valence-corrected chi connectivity index (χ3v) is 8.78. The molecular formula is C26H26N2O4S. The zero-order valence-electron chi connectivity index (χ0n) is 18.7. The number of anilines is 1. The minimum Gasteiger partial charge on any atom is -0.274 e. The topological polar surface area (TPSA) is 74.8 Å². The molecule has 0 unspecified atom stereocenters. The maximum absolute atomic E-state index is 13.6. The van der Waals surface area contributed by atoms with Crippen molar-refractivity contribution in [3.05, 3.63) is 83.1 Å². The lowest BCUT2D eigenvalue weighted by molar-refractivity contribution is -0.122. The fourth-order valence-electron chi connectivity index (χ4n) is 5.14. The maximum atomic E-state index is 13.6. The molecule has 1 saturated heterocycles. The molecule has 3 aliphatic rings. The summed E-state index contributed by atoms with van der Waals surface area (Å²) in [6.07, 6.45) is 3.23. The number of hydrogen-bond acceptors (Lipinski definition) is 4. The van der Waals surface area contributed by atoms with E-state index >= 15 is 0 Å². The van der Waals surface area contributed by atoms with Gasteiger partial charge in [-0.05, 0) is 56.5 Å². The Morgan fingerprint density at radius 1 is 0.848 bits per heavy atom. The van der Waals surface area contributed by atoms with E-state index in [2.05, 4.69) is 0 Å². The van der Waals surface area contributed by atoms with Gasteiger partial charge in [-0.3, -0.25) is 18.8 Å². The molecule has 0 aromatic heterocycles. The number of aryl methyl sites for hydroxylation is 1. The lowest BCUT2D eigenvalue weighted by Gasteiger charge is -2.33. The first kappa shape index (κ1) is 21.6. The van der Waals surface area contributed by atoms with Crippen LogP contribution in [0.4, 0.5) is 5.69 Å². The minimum atomic E-state index is -3.79. The first-order valence-corrected chi connectivity index (χ1v) is 12.6. The van der Waals surface area contributed by atoms with Crippen LogP contribution in [-0.4, -0.2) is 31.1 Å². The van der Waals surface area contributed by atoms with E-state index in [1.54, 1.807) is 48.5 Å². The van der Waals surface area contributed by atoms with Gasteiger partial charge in [0.15, 0.2) is 0 Å². The molecule has 2 aliphatic heterocycles. The number of allylic oxidation sites excluding steroid dienone is 3. The van der Waals surface area contributed by atoms with E-state index in [1.807, 2.05) is 26.0 Å². The van der Waals surface area contributed by atoms with Crippen molar-refractivity contribution in [3.8, 4) is 0 Å². The van der Waals surface area contributed by atoms with Gasteiger partial charge in [-0.25, -0.2) is 8.42 Å². The summed E-state index contributed by atoms with van der Waals surface area (Å²) in [6, 6.07) is 15.8. The Morgan fingerprint density at radius 3 is 2.15 bits per heavy atom. The van der Waals surface area contributed by atoms with E-state index < -0.39 is 21.9 Å².